The molecule has 144 valence electrons. The first kappa shape index (κ1) is 18.0. The van der Waals surface area contributed by atoms with Gasteiger partial charge < -0.3 is 0 Å². The van der Waals surface area contributed by atoms with E-state index in [9.17, 15) is 0 Å². The molecule has 0 aliphatic heterocycles. The Labute approximate surface area is 170 Å². The second kappa shape index (κ2) is 5.50. The lowest BCUT2D eigenvalue weighted by molar-refractivity contribution is 0.565. The van der Waals surface area contributed by atoms with Crippen molar-refractivity contribution in [3.05, 3.63) is 69.3 Å². The minimum Gasteiger partial charge on any atom is -0.0758 e. The molecular weight excluding hydrogens is 336 g/mol. The molecule has 0 nitrogen and oxygen atoms in total. The fourth-order valence-electron chi connectivity index (χ4n) is 5.87. The van der Waals surface area contributed by atoms with E-state index in [2.05, 4.69) is 78.8 Å². The highest BCUT2D eigenvalue weighted by atomic mass is 14.4. The minimum atomic E-state index is 0.199. The van der Waals surface area contributed by atoms with Crippen molar-refractivity contribution in [2.45, 2.75) is 67.7 Å². The van der Waals surface area contributed by atoms with Crippen LogP contribution in [-0.4, -0.2) is 0 Å². The lowest BCUT2D eigenvalue weighted by Crippen LogP contribution is -2.08. The fourth-order valence-corrected chi connectivity index (χ4v) is 5.87. The molecule has 0 aromatic heterocycles. The maximum absolute atomic E-state index is 2.52. The number of benzene rings is 2. The fraction of sp³-hybridized carbons (Fsp3) is 0.429. The molecule has 28 heavy (non-hydrogen) atoms. The third kappa shape index (κ3) is 2.50. The van der Waals surface area contributed by atoms with Crippen molar-refractivity contribution in [1.82, 2.24) is 0 Å². The highest BCUT2D eigenvalue weighted by molar-refractivity contribution is 5.89. The Morgan fingerprint density at radius 1 is 0.607 bits per heavy atom. The average molecular weight is 369 g/mol. The van der Waals surface area contributed by atoms with Gasteiger partial charge in [0, 0.05) is 0 Å². The predicted octanol–water partition coefficient (Wildman–Crippen LogP) is 7.62. The summed E-state index contributed by atoms with van der Waals surface area (Å²) < 4.78 is 0. The van der Waals surface area contributed by atoms with Crippen LogP contribution in [0.25, 0.3) is 22.3 Å². The van der Waals surface area contributed by atoms with E-state index in [4.69, 9.17) is 0 Å². The summed E-state index contributed by atoms with van der Waals surface area (Å²) in [6, 6.07) is 10.0. The molecule has 0 N–H and O–H groups in total. The molecule has 0 heteroatoms. The van der Waals surface area contributed by atoms with Crippen LogP contribution in [0, 0.1) is 10.8 Å². The molecule has 3 aliphatic carbocycles. The van der Waals surface area contributed by atoms with E-state index in [0.717, 1.165) is 19.3 Å². The van der Waals surface area contributed by atoms with E-state index < -0.39 is 0 Å². The van der Waals surface area contributed by atoms with Gasteiger partial charge in [-0.3, -0.25) is 0 Å². The van der Waals surface area contributed by atoms with Gasteiger partial charge in [0.25, 0.3) is 0 Å². The third-order valence-corrected chi connectivity index (χ3v) is 6.86. The number of rotatable bonds is 0. The standard InChI is InChI=1S/C28H32/c1-16-10-18-12-20-13-19-11-17-8-9-25(27(2,3)4)23(17)14-21(19)22(20)15-24(18)26(16)28(5,6)7/h9,11-12,14-15H,8,10,13H2,1-7H3. The van der Waals surface area contributed by atoms with Crippen molar-refractivity contribution in [1.29, 1.82) is 0 Å². The molecule has 0 heterocycles. The molecule has 0 unspecified atom stereocenters. The number of hydrogen-bond donors (Lipinski definition) is 0. The first-order valence-corrected chi connectivity index (χ1v) is 10.8. The molecule has 5 rings (SSSR count). The van der Waals surface area contributed by atoms with Crippen LogP contribution < -0.4 is 0 Å². The van der Waals surface area contributed by atoms with Crippen LogP contribution in [0.15, 0.2) is 35.9 Å². The highest BCUT2D eigenvalue weighted by Crippen LogP contribution is 2.50. The first-order valence-electron chi connectivity index (χ1n) is 10.8. The van der Waals surface area contributed by atoms with Gasteiger partial charge in [-0.25, -0.2) is 0 Å². The summed E-state index contributed by atoms with van der Waals surface area (Å²) in [5.74, 6) is 0. The quantitative estimate of drug-likeness (QED) is 0.383. The van der Waals surface area contributed by atoms with Crippen LogP contribution in [0.3, 0.4) is 0 Å². The SMILES string of the molecule is CC1=C(C(C)(C)C)c2cc3c(cc2C1)Cc1cc2c(cc1-3)C(C(C)(C)C)=CC2. The molecular formula is C28H32. The Bertz CT molecular complexity index is 1090. The van der Waals surface area contributed by atoms with Gasteiger partial charge >= 0.3 is 0 Å². The first-order chi connectivity index (χ1) is 13.0. The molecule has 0 bridgehead atoms. The molecule has 0 fully saturated rings. The van der Waals surface area contributed by atoms with Crippen LogP contribution in [0.5, 0.6) is 0 Å². The van der Waals surface area contributed by atoms with Crippen molar-refractivity contribution >= 4 is 11.1 Å². The Hall–Kier alpha value is -2.08. The molecule has 0 amide bonds. The molecule has 0 spiro atoms. The van der Waals surface area contributed by atoms with Gasteiger partial charge in [-0.2, -0.15) is 0 Å². The van der Waals surface area contributed by atoms with Gasteiger partial charge in [0.2, 0.25) is 0 Å². The monoisotopic (exact) mass is 368 g/mol. The Kier molecular flexibility index (Phi) is 3.53. The molecule has 3 aliphatic rings. The molecule has 0 atom stereocenters. The summed E-state index contributed by atoms with van der Waals surface area (Å²) in [6.45, 7) is 16.4. The Balaban J connectivity index is 1.67. The lowest BCUT2D eigenvalue weighted by Gasteiger charge is -2.24. The van der Waals surface area contributed by atoms with Crippen LogP contribution in [0.4, 0.5) is 0 Å². The number of allylic oxidation sites excluding steroid dienone is 4. The second-order valence-corrected chi connectivity index (χ2v) is 11.2. The second-order valence-electron chi connectivity index (χ2n) is 11.2. The van der Waals surface area contributed by atoms with Gasteiger partial charge in [-0.15, -0.1) is 0 Å². The molecule has 2 aromatic carbocycles. The van der Waals surface area contributed by atoms with Crippen LogP contribution in [0.2, 0.25) is 0 Å². The summed E-state index contributed by atoms with van der Waals surface area (Å²) in [5.41, 5.74) is 17.1. The van der Waals surface area contributed by atoms with E-state index in [0.29, 0.717) is 0 Å². The summed E-state index contributed by atoms with van der Waals surface area (Å²) in [5, 5.41) is 0. The maximum atomic E-state index is 2.52. The van der Waals surface area contributed by atoms with Crippen molar-refractivity contribution in [2.24, 2.45) is 10.8 Å². The average Bonchev–Trinajstić information content (AvgIpc) is 3.20. The van der Waals surface area contributed by atoms with E-state index in [1.165, 1.54) is 50.1 Å². The summed E-state index contributed by atoms with van der Waals surface area (Å²) in [7, 11) is 0. The number of hydrogen-bond acceptors (Lipinski definition) is 0. The number of fused-ring (bicyclic) bond motifs is 5. The van der Waals surface area contributed by atoms with Crippen LogP contribution in [-0.2, 0) is 19.3 Å². The van der Waals surface area contributed by atoms with Crippen molar-refractivity contribution in [2.75, 3.05) is 0 Å². The van der Waals surface area contributed by atoms with Gasteiger partial charge in [0.05, 0.1) is 0 Å². The van der Waals surface area contributed by atoms with Gasteiger partial charge in [-0.1, -0.05) is 65.3 Å². The van der Waals surface area contributed by atoms with E-state index in [1.807, 2.05) is 0 Å². The molecule has 0 saturated heterocycles. The smallest absolute Gasteiger partial charge is 0.00132 e. The summed E-state index contributed by atoms with van der Waals surface area (Å²) in [4.78, 5) is 0. The molecule has 0 saturated carbocycles. The Morgan fingerprint density at radius 2 is 1.18 bits per heavy atom. The minimum absolute atomic E-state index is 0.199. The maximum Gasteiger partial charge on any atom is -0.00132 e. The highest BCUT2D eigenvalue weighted by Gasteiger charge is 2.32. The largest absolute Gasteiger partial charge is 0.0758 e. The zero-order valence-electron chi connectivity index (χ0n) is 18.5. The molecule has 2 aromatic rings. The zero-order chi connectivity index (χ0) is 20.0. The molecule has 0 radical (unpaired) electrons. The zero-order valence-corrected chi connectivity index (χ0v) is 18.5. The van der Waals surface area contributed by atoms with Crippen molar-refractivity contribution < 1.29 is 0 Å². The lowest BCUT2D eigenvalue weighted by atomic mass is 9.80. The van der Waals surface area contributed by atoms with Crippen molar-refractivity contribution in [3.63, 3.8) is 0 Å². The topological polar surface area (TPSA) is 0 Å². The summed E-state index contributed by atoms with van der Waals surface area (Å²) >= 11 is 0. The summed E-state index contributed by atoms with van der Waals surface area (Å²) in [6.07, 6.45) is 5.77. The van der Waals surface area contributed by atoms with Gasteiger partial charge in [0.1, 0.15) is 0 Å². The van der Waals surface area contributed by atoms with E-state index in [1.54, 1.807) is 11.1 Å². The van der Waals surface area contributed by atoms with E-state index in [-0.39, 0.29) is 10.8 Å². The normalized spacial score (nSPS) is 17.5. The van der Waals surface area contributed by atoms with E-state index >= 15 is 0 Å². The van der Waals surface area contributed by atoms with Gasteiger partial charge in [-0.05, 0) is 105 Å². The third-order valence-electron chi connectivity index (χ3n) is 6.86. The van der Waals surface area contributed by atoms with Crippen LogP contribution in [0.1, 0.15) is 81.8 Å². The van der Waals surface area contributed by atoms with Crippen LogP contribution >= 0.6 is 0 Å². The van der Waals surface area contributed by atoms with Crippen molar-refractivity contribution in [3.8, 4) is 11.1 Å². The Morgan fingerprint density at radius 3 is 1.79 bits per heavy atom. The predicted molar refractivity (Wildman–Crippen MR) is 122 cm³/mol. The van der Waals surface area contributed by atoms with Gasteiger partial charge in [0.15, 0.2) is 0 Å².